The third kappa shape index (κ3) is 8.10. The van der Waals surface area contributed by atoms with Crippen LogP contribution in [0.1, 0.15) is 60.3 Å². The molecular formula is C21H38N4O6. The zero-order chi connectivity index (χ0) is 23.9. The second kappa shape index (κ2) is 12.0. The molecule has 5 atom stereocenters. The van der Waals surface area contributed by atoms with Crippen molar-refractivity contribution in [1.82, 2.24) is 15.5 Å². The Morgan fingerprint density at radius 2 is 1.55 bits per heavy atom. The number of aliphatic hydroxyl groups is 1. The van der Waals surface area contributed by atoms with Crippen LogP contribution in [0.5, 0.6) is 0 Å². The van der Waals surface area contributed by atoms with Crippen LogP contribution in [0.15, 0.2) is 0 Å². The average Bonchev–Trinajstić information content (AvgIpc) is 3.14. The Morgan fingerprint density at radius 1 is 1.00 bits per heavy atom. The third-order valence-corrected chi connectivity index (χ3v) is 5.30. The first kappa shape index (κ1) is 26.8. The molecule has 0 radical (unpaired) electrons. The number of nitrogens with zero attached hydrogens (tertiary/aromatic N) is 1. The lowest BCUT2D eigenvalue weighted by molar-refractivity contribution is -0.145. The summed E-state index contributed by atoms with van der Waals surface area (Å²) in [5, 5.41) is 24.1. The number of carboxylic acids is 1. The van der Waals surface area contributed by atoms with Gasteiger partial charge in [0.25, 0.3) is 0 Å². The van der Waals surface area contributed by atoms with Crippen LogP contribution in [-0.4, -0.2) is 75.6 Å². The highest BCUT2D eigenvalue weighted by molar-refractivity contribution is 5.94. The molecule has 6 N–H and O–H groups in total. The van der Waals surface area contributed by atoms with E-state index >= 15 is 0 Å². The molecule has 1 fully saturated rings. The molecule has 1 aliphatic rings. The monoisotopic (exact) mass is 442 g/mol. The molecule has 31 heavy (non-hydrogen) atoms. The van der Waals surface area contributed by atoms with Crippen molar-refractivity contribution in [3.8, 4) is 0 Å². The van der Waals surface area contributed by atoms with Gasteiger partial charge in [-0.2, -0.15) is 0 Å². The second-order valence-corrected chi connectivity index (χ2v) is 9.18. The average molecular weight is 443 g/mol. The number of carboxylic acid groups (broad SMARTS) is 1. The first-order valence-corrected chi connectivity index (χ1v) is 10.9. The topological polar surface area (TPSA) is 162 Å². The van der Waals surface area contributed by atoms with Crippen molar-refractivity contribution >= 4 is 23.7 Å². The number of aliphatic carboxylic acids is 1. The molecular weight excluding hydrogens is 404 g/mol. The van der Waals surface area contributed by atoms with E-state index in [9.17, 15) is 29.4 Å². The SMILES string of the molecule is CC(C)CC(NC(=O)C1CCCN1C(=O)C(CC(C)C)NC(=O)C(N)C(C)O)C(=O)O. The Balaban J connectivity index is 2.96. The number of nitrogens with two attached hydrogens (primary N) is 1. The van der Waals surface area contributed by atoms with Crippen LogP contribution < -0.4 is 16.4 Å². The molecule has 0 aromatic heterocycles. The summed E-state index contributed by atoms with van der Waals surface area (Å²) in [7, 11) is 0. The predicted molar refractivity (Wildman–Crippen MR) is 115 cm³/mol. The van der Waals surface area contributed by atoms with E-state index in [0.29, 0.717) is 25.8 Å². The van der Waals surface area contributed by atoms with Crippen LogP contribution in [0.4, 0.5) is 0 Å². The van der Waals surface area contributed by atoms with E-state index < -0.39 is 54.0 Å². The van der Waals surface area contributed by atoms with Gasteiger partial charge in [0.2, 0.25) is 17.7 Å². The van der Waals surface area contributed by atoms with Gasteiger partial charge in [-0.25, -0.2) is 4.79 Å². The highest BCUT2D eigenvalue weighted by Crippen LogP contribution is 2.21. The Morgan fingerprint density at radius 3 is 2.03 bits per heavy atom. The van der Waals surface area contributed by atoms with Crippen molar-refractivity contribution in [2.24, 2.45) is 17.6 Å². The lowest BCUT2D eigenvalue weighted by Gasteiger charge is -2.31. The van der Waals surface area contributed by atoms with Crippen molar-refractivity contribution in [2.45, 2.75) is 90.6 Å². The summed E-state index contributed by atoms with van der Waals surface area (Å²) in [5.74, 6) is -2.52. The van der Waals surface area contributed by atoms with Crippen molar-refractivity contribution in [3.05, 3.63) is 0 Å². The fourth-order valence-corrected chi connectivity index (χ4v) is 3.64. The number of likely N-dealkylation sites (tertiary alicyclic amines) is 1. The van der Waals surface area contributed by atoms with Crippen LogP contribution in [0, 0.1) is 11.8 Å². The molecule has 10 heteroatoms. The molecule has 10 nitrogen and oxygen atoms in total. The van der Waals surface area contributed by atoms with Crippen molar-refractivity contribution in [1.29, 1.82) is 0 Å². The summed E-state index contributed by atoms with van der Waals surface area (Å²) in [6, 6.07) is -3.89. The summed E-state index contributed by atoms with van der Waals surface area (Å²) >= 11 is 0. The number of amides is 3. The molecule has 1 aliphatic heterocycles. The van der Waals surface area contributed by atoms with E-state index in [-0.39, 0.29) is 18.3 Å². The first-order valence-electron chi connectivity index (χ1n) is 10.9. The summed E-state index contributed by atoms with van der Waals surface area (Å²) < 4.78 is 0. The van der Waals surface area contributed by atoms with E-state index in [1.54, 1.807) is 0 Å². The highest BCUT2D eigenvalue weighted by atomic mass is 16.4. The van der Waals surface area contributed by atoms with Crippen LogP contribution >= 0.6 is 0 Å². The molecule has 1 rings (SSSR count). The zero-order valence-corrected chi connectivity index (χ0v) is 19.1. The van der Waals surface area contributed by atoms with Gasteiger partial charge >= 0.3 is 5.97 Å². The van der Waals surface area contributed by atoms with E-state index in [1.807, 2.05) is 27.7 Å². The van der Waals surface area contributed by atoms with E-state index in [0.717, 1.165) is 0 Å². The van der Waals surface area contributed by atoms with E-state index in [2.05, 4.69) is 10.6 Å². The van der Waals surface area contributed by atoms with Crippen molar-refractivity contribution < 1.29 is 29.4 Å². The number of aliphatic hydroxyl groups excluding tert-OH is 1. The minimum Gasteiger partial charge on any atom is -0.480 e. The maximum absolute atomic E-state index is 13.2. The predicted octanol–water partition coefficient (Wildman–Crippen LogP) is -0.168. The minimum atomic E-state index is -1.17. The smallest absolute Gasteiger partial charge is 0.326 e. The Hall–Kier alpha value is -2.20. The molecule has 0 aliphatic carbocycles. The minimum absolute atomic E-state index is 0.0754. The second-order valence-electron chi connectivity index (χ2n) is 9.18. The van der Waals surface area contributed by atoms with Gasteiger partial charge in [-0.05, 0) is 44.4 Å². The fraction of sp³-hybridized carbons (Fsp3) is 0.810. The first-order chi connectivity index (χ1) is 14.3. The number of carbonyl (C=O) groups excluding carboxylic acids is 3. The van der Waals surface area contributed by atoms with Crippen molar-refractivity contribution in [2.75, 3.05) is 6.54 Å². The molecule has 5 unspecified atom stereocenters. The Kier molecular flexibility index (Phi) is 10.4. The quantitative estimate of drug-likeness (QED) is 0.297. The maximum Gasteiger partial charge on any atom is 0.326 e. The molecule has 0 saturated carbocycles. The van der Waals surface area contributed by atoms with Gasteiger partial charge in [-0.1, -0.05) is 27.7 Å². The summed E-state index contributed by atoms with van der Waals surface area (Å²) in [5.41, 5.74) is 5.68. The molecule has 0 aromatic carbocycles. The van der Waals surface area contributed by atoms with Gasteiger partial charge in [0.05, 0.1) is 6.10 Å². The lowest BCUT2D eigenvalue weighted by Crippen LogP contribution is -2.58. The number of hydrogen-bond acceptors (Lipinski definition) is 6. The van der Waals surface area contributed by atoms with Crippen LogP contribution in [-0.2, 0) is 19.2 Å². The highest BCUT2D eigenvalue weighted by Gasteiger charge is 2.39. The number of carbonyl (C=O) groups is 4. The summed E-state index contributed by atoms with van der Waals surface area (Å²) in [4.78, 5) is 51.3. The molecule has 178 valence electrons. The van der Waals surface area contributed by atoms with E-state index in [4.69, 9.17) is 5.73 Å². The molecule has 0 spiro atoms. The number of nitrogens with one attached hydrogen (secondary N) is 2. The van der Waals surface area contributed by atoms with Crippen LogP contribution in [0.2, 0.25) is 0 Å². The summed E-state index contributed by atoms with van der Waals surface area (Å²) in [6.45, 7) is 9.26. The Bertz CT molecular complexity index is 652. The van der Waals surface area contributed by atoms with Gasteiger partial charge in [0.1, 0.15) is 24.2 Å². The fourth-order valence-electron chi connectivity index (χ4n) is 3.64. The molecule has 1 saturated heterocycles. The molecule has 1 heterocycles. The Labute approximate surface area is 183 Å². The normalized spacial score (nSPS) is 20.3. The van der Waals surface area contributed by atoms with Crippen LogP contribution in [0.3, 0.4) is 0 Å². The largest absolute Gasteiger partial charge is 0.480 e. The van der Waals surface area contributed by atoms with Gasteiger partial charge in [0, 0.05) is 6.54 Å². The molecule has 0 bridgehead atoms. The lowest BCUT2D eigenvalue weighted by atomic mass is 10.0. The number of rotatable bonds is 11. The van der Waals surface area contributed by atoms with Gasteiger partial charge < -0.3 is 31.5 Å². The van der Waals surface area contributed by atoms with E-state index in [1.165, 1.54) is 11.8 Å². The third-order valence-electron chi connectivity index (χ3n) is 5.30. The van der Waals surface area contributed by atoms with Crippen LogP contribution in [0.25, 0.3) is 0 Å². The molecule has 3 amide bonds. The maximum atomic E-state index is 13.2. The molecule has 0 aromatic rings. The standard InChI is InChI=1S/C21H38N4O6/c1-11(2)9-14(23-19(28)17(22)13(5)26)20(29)25-8-6-7-16(25)18(27)24-15(21(30)31)10-12(3)4/h11-17,26H,6-10,22H2,1-5H3,(H,23,28)(H,24,27)(H,30,31). The van der Waals surface area contributed by atoms with Gasteiger partial charge in [-0.15, -0.1) is 0 Å². The summed E-state index contributed by atoms with van der Waals surface area (Å²) in [6.07, 6.45) is 0.564. The van der Waals surface area contributed by atoms with Crippen molar-refractivity contribution in [3.63, 3.8) is 0 Å². The zero-order valence-electron chi connectivity index (χ0n) is 19.1. The van der Waals surface area contributed by atoms with Gasteiger partial charge in [-0.3, -0.25) is 14.4 Å². The van der Waals surface area contributed by atoms with Gasteiger partial charge in [0.15, 0.2) is 0 Å². The number of hydrogen-bond donors (Lipinski definition) is 5.